The molecule has 1 aromatic rings. The highest BCUT2D eigenvalue weighted by molar-refractivity contribution is 7.99. The van der Waals surface area contributed by atoms with E-state index in [1.165, 1.54) is 16.7 Å². The number of thioether (sulfide) groups is 1. The van der Waals surface area contributed by atoms with Gasteiger partial charge in [-0.25, -0.2) is 4.39 Å². The summed E-state index contributed by atoms with van der Waals surface area (Å²) in [6, 6.07) is 7.25. The SMILES string of the molecule is CN(C)C(=O)c1ccc(SCC(=CF)CN)cc1.Cl. The Labute approximate surface area is 123 Å². The van der Waals surface area contributed by atoms with Crippen LogP contribution in [-0.4, -0.2) is 37.2 Å². The van der Waals surface area contributed by atoms with Crippen molar-refractivity contribution in [2.45, 2.75) is 4.90 Å². The fourth-order valence-electron chi connectivity index (χ4n) is 1.26. The Balaban J connectivity index is 0.00000324. The van der Waals surface area contributed by atoms with Crippen LogP contribution in [0.1, 0.15) is 10.4 Å². The molecule has 0 heterocycles. The molecule has 2 N–H and O–H groups in total. The first-order chi connectivity index (χ1) is 8.58. The van der Waals surface area contributed by atoms with E-state index in [1.807, 2.05) is 12.1 Å². The maximum atomic E-state index is 12.3. The molecule has 0 saturated carbocycles. The van der Waals surface area contributed by atoms with E-state index in [0.717, 1.165) is 4.90 Å². The lowest BCUT2D eigenvalue weighted by atomic mass is 10.2. The van der Waals surface area contributed by atoms with Gasteiger partial charge in [0.05, 0.1) is 6.33 Å². The van der Waals surface area contributed by atoms with Gasteiger partial charge in [-0.15, -0.1) is 24.2 Å². The summed E-state index contributed by atoms with van der Waals surface area (Å²) in [6.07, 6.45) is 0.553. The van der Waals surface area contributed by atoms with Gasteiger partial charge in [0.1, 0.15) is 0 Å². The molecule has 0 aliphatic heterocycles. The van der Waals surface area contributed by atoms with Gasteiger partial charge >= 0.3 is 0 Å². The van der Waals surface area contributed by atoms with Crippen molar-refractivity contribution in [3.63, 3.8) is 0 Å². The lowest BCUT2D eigenvalue weighted by Gasteiger charge is -2.10. The summed E-state index contributed by atoms with van der Waals surface area (Å²) >= 11 is 1.49. The third-order valence-corrected chi connectivity index (χ3v) is 3.47. The predicted octanol–water partition coefficient (Wildman–Crippen LogP) is 2.71. The van der Waals surface area contributed by atoms with Gasteiger partial charge in [-0.2, -0.15) is 0 Å². The summed E-state index contributed by atoms with van der Waals surface area (Å²) in [7, 11) is 3.43. The monoisotopic (exact) mass is 304 g/mol. The topological polar surface area (TPSA) is 46.3 Å². The molecule has 0 spiro atoms. The number of rotatable bonds is 5. The van der Waals surface area contributed by atoms with Crippen LogP contribution in [0, 0.1) is 0 Å². The standard InChI is InChI=1S/C13H17FN2OS.ClH/c1-16(2)13(17)11-3-5-12(6-4-11)18-9-10(7-14)8-15;/h3-7H,8-9,15H2,1-2H3;1H. The van der Waals surface area contributed by atoms with E-state index in [9.17, 15) is 9.18 Å². The minimum Gasteiger partial charge on any atom is -0.345 e. The van der Waals surface area contributed by atoms with Gasteiger partial charge < -0.3 is 10.6 Å². The normalized spacial score (nSPS) is 10.8. The zero-order valence-electron chi connectivity index (χ0n) is 10.9. The Bertz CT molecular complexity index is 435. The molecule has 106 valence electrons. The second-order valence-electron chi connectivity index (χ2n) is 3.98. The van der Waals surface area contributed by atoms with E-state index in [1.54, 1.807) is 26.2 Å². The number of carbonyl (C=O) groups excluding carboxylic acids is 1. The largest absolute Gasteiger partial charge is 0.345 e. The van der Waals surface area contributed by atoms with Crippen molar-refractivity contribution < 1.29 is 9.18 Å². The fraction of sp³-hybridized carbons (Fsp3) is 0.308. The minimum absolute atomic E-state index is 0. The van der Waals surface area contributed by atoms with Gasteiger partial charge in [0, 0.05) is 36.9 Å². The van der Waals surface area contributed by atoms with E-state index in [4.69, 9.17) is 5.73 Å². The summed E-state index contributed by atoms with van der Waals surface area (Å²) in [4.78, 5) is 14.2. The Morgan fingerprint density at radius 2 is 1.95 bits per heavy atom. The maximum Gasteiger partial charge on any atom is 0.253 e. The number of hydrogen-bond acceptors (Lipinski definition) is 3. The van der Waals surface area contributed by atoms with Gasteiger partial charge in [0.25, 0.3) is 5.91 Å². The Kier molecular flexibility index (Phi) is 8.47. The molecule has 19 heavy (non-hydrogen) atoms. The summed E-state index contributed by atoms with van der Waals surface area (Å²) in [5.41, 5.74) is 6.58. The minimum atomic E-state index is -0.0298. The number of nitrogens with zero attached hydrogens (tertiary/aromatic N) is 1. The molecule has 1 rings (SSSR count). The summed E-state index contributed by atoms with van der Waals surface area (Å²) in [5, 5.41) is 0. The van der Waals surface area contributed by atoms with Gasteiger partial charge in [0.15, 0.2) is 0 Å². The first-order valence-corrected chi connectivity index (χ1v) is 6.49. The molecular weight excluding hydrogens is 287 g/mol. The summed E-state index contributed by atoms with van der Waals surface area (Å²) < 4.78 is 12.3. The van der Waals surface area contributed by atoms with Gasteiger partial charge in [-0.3, -0.25) is 4.79 Å². The third-order valence-electron chi connectivity index (χ3n) is 2.35. The Morgan fingerprint density at radius 1 is 1.37 bits per heavy atom. The number of nitrogens with two attached hydrogens (primary N) is 1. The van der Waals surface area contributed by atoms with Crippen molar-refractivity contribution in [3.8, 4) is 0 Å². The number of hydrogen-bond donors (Lipinski definition) is 1. The first kappa shape index (κ1) is 18.0. The molecule has 0 unspecified atom stereocenters. The highest BCUT2D eigenvalue weighted by Gasteiger charge is 2.07. The molecule has 3 nitrogen and oxygen atoms in total. The van der Waals surface area contributed by atoms with Crippen molar-refractivity contribution >= 4 is 30.1 Å². The van der Waals surface area contributed by atoms with Crippen molar-refractivity contribution in [2.24, 2.45) is 5.73 Å². The van der Waals surface area contributed by atoms with Crippen LogP contribution in [0.2, 0.25) is 0 Å². The Morgan fingerprint density at radius 3 is 2.37 bits per heavy atom. The van der Waals surface area contributed by atoms with Crippen molar-refractivity contribution in [3.05, 3.63) is 41.7 Å². The van der Waals surface area contributed by atoms with E-state index >= 15 is 0 Å². The number of amides is 1. The molecule has 0 aliphatic carbocycles. The number of halogens is 2. The maximum absolute atomic E-state index is 12.3. The van der Waals surface area contributed by atoms with Crippen LogP contribution in [0.25, 0.3) is 0 Å². The lowest BCUT2D eigenvalue weighted by Crippen LogP contribution is -2.21. The summed E-state index contributed by atoms with van der Waals surface area (Å²) in [5.74, 6) is 0.492. The number of benzene rings is 1. The van der Waals surface area contributed by atoms with Crippen LogP contribution < -0.4 is 5.73 Å². The lowest BCUT2D eigenvalue weighted by molar-refractivity contribution is 0.0827. The molecule has 1 amide bonds. The zero-order valence-corrected chi connectivity index (χ0v) is 12.6. The molecule has 1 aromatic carbocycles. The molecule has 0 aliphatic rings. The fourth-order valence-corrected chi connectivity index (χ4v) is 2.12. The first-order valence-electron chi connectivity index (χ1n) is 5.51. The van der Waals surface area contributed by atoms with E-state index < -0.39 is 0 Å². The molecular formula is C13H18ClFN2OS. The van der Waals surface area contributed by atoms with Crippen molar-refractivity contribution in [2.75, 3.05) is 26.4 Å². The average molecular weight is 305 g/mol. The molecule has 0 bridgehead atoms. The molecule has 0 radical (unpaired) electrons. The van der Waals surface area contributed by atoms with E-state index in [2.05, 4.69) is 0 Å². The second kappa shape index (κ2) is 8.96. The third kappa shape index (κ3) is 5.63. The van der Waals surface area contributed by atoms with Gasteiger partial charge in [0.2, 0.25) is 0 Å². The van der Waals surface area contributed by atoms with Crippen LogP contribution in [0.4, 0.5) is 4.39 Å². The highest BCUT2D eigenvalue weighted by Crippen LogP contribution is 2.21. The Hall–Kier alpha value is -1.04. The van der Waals surface area contributed by atoms with Crippen LogP contribution in [-0.2, 0) is 0 Å². The zero-order chi connectivity index (χ0) is 13.5. The van der Waals surface area contributed by atoms with Crippen LogP contribution in [0.15, 0.2) is 41.1 Å². The molecule has 0 aromatic heterocycles. The van der Waals surface area contributed by atoms with Crippen LogP contribution in [0.5, 0.6) is 0 Å². The molecule has 6 heteroatoms. The quantitative estimate of drug-likeness (QED) is 0.851. The smallest absolute Gasteiger partial charge is 0.253 e. The van der Waals surface area contributed by atoms with Crippen LogP contribution >= 0.6 is 24.2 Å². The highest BCUT2D eigenvalue weighted by atomic mass is 35.5. The van der Waals surface area contributed by atoms with Crippen molar-refractivity contribution in [1.29, 1.82) is 0 Å². The van der Waals surface area contributed by atoms with Gasteiger partial charge in [-0.1, -0.05) is 0 Å². The van der Waals surface area contributed by atoms with Gasteiger partial charge in [-0.05, 0) is 29.8 Å². The predicted molar refractivity (Wildman–Crippen MR) is 80.7 cm³/mol. The van der Waals surface area contributed by atoms with Crippen molar-refractivity contribution in [1.82, 2.24) is 4.90 Å². The van der Waals surface area contributed by atoms with Crippen LogP contribution in [0.3, 0.4) is 0 Å². The van der Waals surface area contributed by atoms with E-state index in [0.29, 0.717) is 23.2 Å². The second-order valence-corrected chi connectivity index (χ2v) is 5.03. The number of carbonyl (C=O) groups is 1. The average Bonchev–Trinajstić information content (AvgIpc) is 2.39. The molecule has 0 saturated heterocycles. The molecule has 0 atom stereocenters. The van der Waals surface area contributed by atoms with E-state index in [-0.39, 0.29) is 24.9 Å². The molecule has 0 fully saturated rings. The summed E-state index contributed by atoms with van der Waals surface area (Å²) in [6.45, 7) is 0.223.